The minimum absolute atomic E-state index is 0. The van der Waals surface area contributed by atoms with E-state index < -0.39 is 0 Å². The Morgan fingerprint density at radius 3 is 2.83 bits per heavy atom. The average molecular weight is 253 g/mol. The van der Waals surface area contributed by atoms with Gasteiger partial charge in [0.25, 0.3) is 0 Å². The lowest BCUT2D eigenvalue weighted by atomic mass is 10.2. The molecular weight excluding hydrogens is 230 g/mol. The van der Waals surface area contributed by atoms with E-state index in [1.54, 1.807) is 6.20 Å². The van der Waals surface area contributed by atoms with Crippen LogP contribution in [0.3, 0.4) is 0 Å². The van der Waals surface area contributed by atoms with Crippen LogP contribution in [0.15, 0.2) is 12.3 Å². The maximum Gasteiger partial charge on any atom is 0.316 e. The molecule has 1 fully saturated rings. The fourth-order valence-corrected chi connectivity index (χ4v) is 1.47. The third-order valence-corrected chi connectivity index (χ3v) is 2.27. The van der Waals surface area contributed by atoms with Gasteiger partial charge in [-0.15, -0.1) is 0 Å². The molecule has 1 aliphatic heterocycles. The lowest BCUT2D eigenvalue weighted by Crippen LogP contribution is -2.31. The average Bonchev–Trinajstić information content (AvgIpc) is 2.74. The summed E-state index contributed by atoms with van der Waals surface area (Å²) >= 11 is 0. The second-order valence-electron chi connectivity index (χ2n) is 4.30. The minimum Gasteiger partial charge on any atom is -0.461 e. The molecule has 0 radical (unpaired) electrons. The van der Waals surface area contributed by atoms with Crippen LogP contribution in [0.1, 0.15) is 40.2 Å². The Morgan fingerprint density at radius 2 is 2.28 bits per heavy atom. The van der Waals surface area contributed by atoms with Gasteiger partial charge in [0.1, 0.15) is 6.61 Å². The van der Waals surface area contributed by atoms with E-state index in [4.69, 9.17) is 4.74 Å². The Bertz CT molecular complexity index is 388. The van der Waals surface area contributed by atoms with Crippen LogP contribution in [0.25, 0.3) is 0 Å². The quantitative estimate of drug-likeness (QED) is 0.896. The number of aromatic nitrogens is 2. The van der Waals surface area contributed by atoms with Crippen molar-refractivity contribution in [2.24, 2.45) is 0 Å². The predicted molar refractivity (Wildman–Crippen MR) is 71.5 cm³/mol. The van der Waals surface area contributed by atoms with Crippen molar-refractivity contribution in [3.63, 3.8) is 0 Å². The lowest BCUT2D eigenvalue weighted by molar-refractivity contribution is -0.119. The molecule has 1 aromatic heterocycles. The van der Waals surface area contributed by atoms with Gasteiger partial charge in [-0.2, -0.15) is 0 Å². The van der Waals surface area contributed by atoms with Crippen molar-refractivity contribution in [1.82, 2.24) is 15.3 Å². The first kappa shape index (κ1) is 14.4. The highest BCUT2D eigenvalue weighted by Crippen LogP contribution is 2.08. The van der Waals surface area contributed by atoms with Crippen LogP contribution in [0.2, 0.25) is 0 Å². The first-order chi connectivity index (χ1) is 8.65. The number of carbonyl (C=O) groups excluding carboxylic acids is 1. The number of hydrogen-bond acceptors (Lipinski definition) is 4. The number of carbonyl (C=O) groups is 1. The molecule has 102 valence electrons. The van der Waals surface area contributed by atoms with Gasteiger partial charge in [-0.05, 0) is 19.4 Å². The van der Waals surface area contributed by atoms with E-state index in [1.807, 2.05) is 13.0 Å². The number of nitrogens with zero attached hydrogens (tertiary/aromatic N) is 2. The number of hydrogen-bond donors (Lipinski definition) is 1. The largest absolute Gasteiger partial charge is 0.461 e. The van der Waals surface area contributed by atoms with Gasteiger partial charge in [-0.1, -0.05) is 20.3 Å². The zero-order valence-corrected chi connectivity index (χ0v) is 11.3. The third-order valence-electron chi connectivity index (χ3n) is 2.27. The van der Waals surface area contributed by atoms with Gasteiger partial charge in [-0.25, -0.2) is 9.97 Å². The number of amides is 1. The topological polar surface area (TPSA) is 64.1 Å². The molecule has 18 heavy (non-hydrogen) atoms. The van der Waals surface area contributed by atoms with Crippen molar-refractivity contribution in [2.75, 3.05) is 6.61 Å². The van der Waals surface area contributed by atoms with Crippen LogP contribution in [-0.2, 0) is 4.79 Å². The van der Waals surface area contributed by atoms with Gasteiger partial charge in [0.05, 0.1) is 6.04 Å². The summed E-state index contributed by atoms with van der Waals surface area (Å²) in [5.74, 6) is 0.0914. The molecule has 0 aromatic carbocycles. The highest BCUT2D eigenvalue weighted by atomic mass is 16.5. The minimum atomic E-state index is 0. The Morgan fingerprint density at radius 1 is 1.56 bits per heavy atom. The fraction of sp³-hybridized carbons (Fsp3) is 0.615. The highest BCUT2D eigenvalue weighted by Gasteiger charge is 2.21. The summed E-state index contributed by atoms with van der Waals surface area (Å²) in [4.78, 5) is 19.0. The number of aryl methyl sites for hydroxylation is 1. The normalized spacial score (nSPS) is 17.7. The monoisotopic (exact) mass is 253 g/mol. The van der Waals surface area contributed by atoms with E-state index in [2.05, 4.69) is 29.1 Å². The SMILES string of the molecule is CCC.Cc1ccnc(OC[C@@H]2CCC(=O)N2)n1.[HH]. The summed E-state index contributed by atoms with van der Waals surface area (Å²) in [6.45, 7) is 6.57. The molecule has 1 atom stereocenters. The molecule has 0 bridgehead atoms. The van der Waals surface area contributed by atoms with Crippen molar-refractivity contribution in [3.05, 3.63) is 18.0 Å². The number of nitrogens with one attached hydrogen (secondary N) is 1. The molecule has 0 aliphatic carbocycles. The third kappa shape index (κ3) is 5.12. The van der Waals surface area contributed by atoms with E-state index in [9.17, 15) is 4.79 Å². The summed E-state index contributed by atoms with van der Waals surface area (Å²) < 4.78 is 5.38. The summed E-state index contributed by atoms with van der Waals surface area (Å²) in [5.41, 5.74) is 0.871. The molecule has 0 spiro atoms. The second kappa shape index (κ2) is 7.63. The van der Waals surface area contributed by atoms with Crippen LogP contribution >= 0.6 is 0 Å². The molecule has 2 heterocycles. The van der Waals surface area contributed by atoms with Crippen molar-refractivity contribution < 1.29 is 11.0 Å². The maximum atomic E-state index is 10.9. The van der Waals surface area contributed by atoms with E-state index in [0.717, 1.165) is 12.1 Å². The molecule has 0 unspecified atom stereocenters. The summed E-state index contributed by atoms with van der Waals surface area (Å²) in [6, 6.07) is 2.28. The summed E-state index contributed by atoms with van der Waals surface area (Å²) in [7, 11) is 0. The molecule has 5 nitrogen and oxygen atoms in total. The van der Waals surface area contributed by atoms with E-state index in [0.29, 0.717) is 19.0 Å². The zero-order chi connectivity index (χ0) is 13.4. The van der Waals surface area contributed by atoms with Crippen LogP contribution in [0.4, 0.5) is 0 Å². The van der Waals surface area contributed by atoms with Crippen molar-refractivity contribution >= 4 is 5.91 Å². The molecule has 1 aromatic rings. The molecule has 1 N–H and O–H groups in total. The maximum absolute atomic E-state index is 10.9. The van der Waals surface area contributed by atoms with Gasteiger partial charge in [0.15, 0.2) is 0 Å². The highest BCUT2D eigenvalue weighted by molar-refractivity contribution is 5.78. The molecule has 0 saturated carbocycles. The second-order valence-corrected chi connectivity index (χ2v) is 4.30. The molecule has 1 saturated heterocycles. The van der Waals surface area contributed by atoms with Gasteiger partial charge in [0.2, 0.25) is 5.91 Å². The Balaban J connectivity index is 0.000000742. The van der Waals surface area contributed by atoms with Crippen LogP contribution in [-0.4, -0.2) is 28.5 Å². The van der Waals surface area contributed by atoms with Crippen molar-refractivity contribution in [1.29, 1.82) is 0 Å². The number of rotatable bonds is 3. The molecular formula is C13H23N3O2. The van der Waals surface area contributed by atoms with Gasteiger partial charge in [-0.3, -0.25) is 4.79 Å². The standard InChI is InChI=1S/C10H13N3O2.C3H8.H2/c1-7-4-5-11-10(12-7)15-6-8-2-3-9(14)13-8;1-3-2;/h4-5,8H,2-3,6H2,1H3,(H,13,14);3H2,1-2H3;1H/t8-;;/m0../s1. The first-order valence-electron chi connectivity index (χ1n) is 6.37. The Labute approximate surface area is 109 Å². The fourth-order valence-electron chi connectivity index (χ4n) is 1.47. The number of ether oxygens (including phenoxy) is 1. The Hall–Kier alpha value is -1.65. The summed E-state index contributed by atoms with van der Waals surface area (Å²) in [5, 5.41) is 2.82. The van der Waals surface area contributed by atoms with E-state index in [1.165, 1.54) is 6.42 Å². The molecule has 5 heteroatoms. The van der Waals surface area contributed by atoms with E-state index in [-0.39, 0.29) is 13.4 Å². The Kier molecular flexibility index (Phi) is 6.11. The molecule has 1 aliphatic rings. The zero-order valence-electron chi connectivity index (χ0n) is 11.3. The van der Waals surface area contributed by atoms with Crippen molar-refractivity contribution in [2.45, 2.75) is 46.1 Å². The summed E-state index contributed by atoms with van der Waals surface area (Å²) in [6.07, 6.45) is 4.32. The van der Waals surface area contributed by atoms with Gasteiger partial charge < -0.3 is 10.1 Å². The van der Waals surface area contributed by atoms with Crippen LogP contribution in [0.5, 0.6) is 6.01 Å². The van der Waals surface area contributed by atoms with Crippen LogP contribution in [0, 0.1) is 6.92 Å². The van der Waals surface area contributed by atoms with Gasteiger partial charge in [0, 0.05) is 19.7 Å². The molecule has 2 rings (SSSR count). The van der Waals surface area contributed by atoms with Crippen molar-refractivity contribution in [3.8, 4) is 6.01 Å². The predicted octanol–water partition coefficient (Wildman–Crippen LogP) is 2.10. The van der Waals surface area contributed by atoms with Gasteiger partial charge >= 0.3 is 6.01 Å². The molecule has 1 amide bonds. The smallest absolute Gasteiger partial charge is 0.316 e. The lowest BCUT2D eigenvalue weighted by Gasteiger charge is -2.10. The van der Waals surface area contributed by atoms with Crippen LogP contribution < -0.4 is 10.1 Å². The van der Waals surface area contributed by atoms with E-state index >= 15 is 0 Å². The first-order valence-corrected chi connectivity index (χ1v) is 6.37.